The van der Waals surface area contributed by atoms with E-state index >= 15 is 0 Å². The molecule has 38 heavy (non-hydrogen) atoms. The van der Waals surface area contributed by atoms with E-state index in [2.05, 4.69) is 4.98 Å². The summed E-state index contributed by atoms with van der Waals surface area (Å²) in [6.07, 6.45) is 1.80. The van der Waals surface area contributed by atoms with Gasteiger partial charge in [-0.05, 0) is 62.1 Å². The Balaban J connectivity index is 1.38. The van der Waals surface area contributed by atoms with E-state index in [-0.39, 0.29) is 36.4 Å². The fourth-order valence-corrected chi connectivity index (χ4v) is 5.00. The van der Waals surface area contributed by atoms with Gasteiger partial charge >= 0.3 is 0 Å². The van der Waals surface area contributed by atoms with Gasteiger partial charge in [-0.3, -0.25) is 9.20 Å². The van der Waals surface area contributed by atoms with Crippen molar-refractivity contribution in [2.45, 2.75) is 58.5 Å². The minimum atomic E-state index is -0.681. The molecule has 0 aliphatic carbocycles. The maximum atomic E-state index is 14.1. The molecule has 2 aromatic carbocycles. The fraction of sp³-hybridized carbons (Fsp3) is 0.333. The minimum absolute atomic E-state index is 0.0708. The van der Waals surface area contributed by atoms with E-state index < -0.39 is 17.4 Å². The molecule has 198 valence electrons. The van der Waals surface area contributed by atoms with E-state index in [0.717, 1.165) is 11.1 Å². The standard InChI is InChI=1S/C30H30F2N2O4/c1-18(20-9-5-6-10-21(20)27-17-37-30(3,4)38-27)15-25(35)28-19(2)33-29-26(13-8-14-34(28)29)36-16-22-23(31)11-7-12-24(22)32/h5-14,18,27H,15-17H2,1-4H3/t18-,27+/m1/s1. The molecule has 8 heteroatoms. The smallest absolute Gasteiger partial charge is 0.182 e. The quantitative estimate of drug-likeness (QED) is 0.242. The van der Waals surface area contributed by atoms with Crippen molar-refractivity contribution < 1.29 is 27.8 Å². The molecule has 1 aliphatic heterocycles. The second kappa shape index (κ2) is 10.3. The van der Waals surface area contributed by atoms with E-state index in [1.165, 1.54) is 18.2 Å². The number of hydrogen-bond acceptors (Lipinski definition) is 5. The van der Waals surface area contributed by atoms with E-state index in [1.807, 2.05) is 45.0 Å². The molecule has 2 atom stereocenters. The average Bonchev–Trinajstić information content (AvgIpc) is 3.42. The molecule has 1 fully saturated rings. The van der Waals surface area contributed by atoms with E-state index in [0.29, 0.717) is 29.4 Å². The van der Waals surface area contributed by atoms with Gasteiger partial charge in [-0.2, -0.15) is 0 Å². The van der Waals surface area contributed by atoms with Crippen molar-refractivity contribution in [1.82, 2.24) is 9.38 Å². The number of fused-ring (bicyclic) bond motifs is 1. The van der Waals surface area contributed by atoms with Crippen LogP contribution in [-0.2, 0) is 16.1 Å². The first-order valence-electron chi connectivity index (χ1n) is 12.6. The van der Waals surface area contributed by atoms with E-state index in [4.69, 9.17) is 14.2 Å². The number of rotatable bonds is 8. The van der Waals surface area contributed by atoms with Crippen LogP contribution in [0.3, 0.4) is 0 Å². The summed E-state index contributed by atoms with van der Waals surface area (Å²) < 4.78 is 47.4. The number of aryl methyl sites for hydroxylation is 1. The van der Waals surface area contributed by atoms with Crippen LogP contribution in [-0.4, -0.2) is 27.6 Å². The Labute approximate surface area is 220 Å². The van der Waals surface area contributed by atoms with Gasteiger partial charge in [0.15, 0.2) is 23.0 Å². The van der Waals surface area contributed by atoms with Gasteiger partial charge in [0.25, 0.3) is 0 Å². The Morgan fingerprint density at radius 3 is 2.58 bits per heavy atom. The lowest BCUT2D eigenvalue weighted by atomic mass is 9.89. The van der Waals surface area contributed by atoms with Gasteiger partial charge in [-0.15, -0.1) is 0 Å². The lowest BCUT2D eigenvalue weighted by Crippen LogP contribution is -2.20. The molecule has 0 bridgehead atoms. The number of ether oxygens (including phenoxy) is 3. The number of nitrogens with zero attached hydrogens (tertiary/aromatic N) is 2. The molecule has 0 amide bonds. The van der Waals surface area contributed by atoms with Gasteiger partial charge in [0.05, 0.1) is 17.9 Å². The zero-order valence-electron chi connectivity index (χ0n) is 21.8. The molecule has 5 rings (SSSR count). The molecule has 0 unspecified atom stereocenters. The first kappa shape index (κ1) is 26.0. The number of imidazole rings is 1. The average molecular weight is 521 g/mol. The van der Waals surface area contributed by atoms with Crippen LogP contribution in [0, 0.1) is 18.6 Å². The van der Waals surface area contributed by atoms with E-state index in [1.54, 1.807) is 29.7 Å². The first-order valence-corrected chi connectivity index (χ1v) is 12.6. The van der Waals surface area contributed by atoms with Gasteiger partial charge in [-0.1, -0.05) is 37.3 Å². The maximum absolute atomic E-state index is 14.1. The third-order valence-electron chi connectivity index (χ3n) is 6.86. The van der Waals surface area contributed by atoms with Gasteiger partial charge in [-0.25, -0.2) is 13.8 Å². The lowest BCUT2D eigenvalue weighted by molar-refractivity contribution is -0.139. The highest BCUT2D eigenvalue weighted by atomic mass is 19.1. The van der Waals surface area contributed by atoms with Crippen molar-refractivity contribution in [3.8, 4) is 5.75 Å². The van der Waals surface area contributed by atoms with Crippen molar-refractivity contribution in [1.29, 1.82) is 0 Å². The van der Waals surface area contributed by atoms with Gasteiger partial charge in [0.1, 0.15) is 30.0 Å². The largest absolute Gasteiger partial charge is 0.485 e. The van der Waals surface area contributed by atoms with Crippen LogP contribution < -0.4 is 4.74 Å². The normalized spacial score (nSPS) is 17.6. The van der Waals surface area contributed by atoms with Crippen molar-refractivity contribution in [3.05, 3.63) is 101 Å². The summed E-state index contributed by atoms with van der Waals surface area (Å²) in [6, 6.07) is 15.0. The minimum Gasteiger partial charge on any atom is -0.485 e. The third kappa shape index (κ3) is 5.06. The molecule has 0 saturated carbocycles. The molecule has 0 N–H and O–H groups in total. The van der Waals surface area contributed by atoms with Crippen LogP contribution in [0.5, 0.6) is 5.75 Å². The molecule has 0 spiro atoms. The predicted molar refractivity (Wildman–Crippen MR) is 138 cm³/mol. The molecule has 1 aliphatic rings. The van der Waals surface area contributed by atoms with Crippen LogP contribution in [0.1, 0.15) is 72.1 Å². The second-order valence-electron chi connectivity index (χ2n) is 10.1. The molecule has 0 radical (unpaired) electrons. The molecule has 2 aromatic heterocycles. The number of Topliss-reactive ketones (excluding diaryl/α,β-unsaturated/α-hetero) is 1. The molecular formula is C30H30F2N2O4. The number of carbonyl (C=O) groups is 1. The summed E-state index contributed by atoms with van der Waals surface area (Å²) in [5.74, 6) is -1.84. The Hall–Kier alpha value is -3.62. The SMILES string of the molecule is Cc1nc2c(OCc3c(F)cccc3F)cccn2c1C(=O)C[C@@H](C)c1ccccc1[C@@H]1COC(C)(C)O1. The number of pyridine rings is 1. The molecule has 6 nitrogen and oxygen atoms in total. The number of aromatic nitrogens is 2. The Morgan fingerprint density at radius 1 is 1.13 bits per heavy atom. The van der Waals surface area contributed by atoms with E-state index in [9.17, 15) is 13.6 Å². The Morgan fingerprint density at radius 2 is 1.87 bits per heavy atom. The Bertz CT molecular complexity index is 1480. The van der Waals surface area contributed by atoms with Crippen LogP contribution in [0.25, 0.3) is 5.65 Å². The summed E-state index contributed by atoms with van der Waals surface area (Å²) >= 11 is 0. The summed E-state index contributed by atoms with van der Waals surface area (Å²) in [5, 5.41) is 0. The first-order chi connectivity index (χ1) is 18.1. The van der Waals surface area contributed by atoms with Crippen LogP contribution >= 0.6 is 0 Å². The van der Waals surface area contributed by atoms with Crippen LogP contribution in [0.15, 0.2) is 60.8 Å². The topological polar surface area (TPSA) is 62.1 Å². The molecule has 3 heterocycles. The highest BCUT2D eigenvalue weighted by molar-refractivity contribution is 5.97. The zero-order chi connectivity index (χ0) is 27.0. The second-order valence-corrected chi connectivity index (χ2v) is 10.1. The van der Waals surface area contributed by atoms with Crippen LogP contribution in [0.4, 0.5) is 8.78 Å². The molecular weight excluding hydrogens is 490 g/mol. The molecule has 1 saturated heterocycles. The maximum Gasteiger partial charge on any atom is 0.182 e. The highest BCUT2D eigenvalue weighted by Crippen LogP contribution is 2.37. The van der Waals surface area contributed by atoms with Crippen LogP contribution in [0.2, 0.25) is 0 Å². The van der Waals surface area contributed by atoms with Gasteiger partial charge < -0.3 is 14.2 Å². The van der Waals surface area contributed by atoms with Crippen molar-refractivity contribution in [3.63, 3.8) is 0 Å². The number of benzene rings is 2. The summed E-state index contributed by atoms with van der Waals surface area (Å²) in [6.45, 7) is 7.72. The number of ketones is 1. The number of carbonyl (C=O) groups excluding carboxylic acids is 1. The Kier molecular flexibility index (Phi) is 7.03. The van der Waals surface area contributed by atoms with Gasteiger partial charge in [0, 0.05) is 12.6 Å². The number of hydrogen-bond donors (Lipinski definition) is 0. The van der Waals surface area contributed by atoms with Crippen molar-refractivity contribution in [2.24, 2.45) is 0 Å². The fourth-order valence-electron chi connectivity index (χ4n) is 5.00. The summed E-state index contributed by atoms with van der Waals surface area (Å²) in [4.78, 5) is 18.1. The van der Waals surface area contributed by atoms with Crippen molar-refractivity contribution >= 4 is 11.4 Å². The summed E-state index contributed by atoms with van der Waals surface area (Å²) in [5.41, 5.74) is 3.31. The summed E-state index contributed by atoms with van der Waals surface area (Å²) in [7, 11) is 0. The molecule has 4 aromatic rings. The monoisotopic (exact) mass is 520 g/mol. The third-order valence-corrected chi connectivity index (χ3v) is 6.86. The lowest BCUT2D eigenvalue weighted by Gasteiger charge is -2.21. The van der Waals surface area contributed by atoms with Crippen molar-refractivity contribution in [2.75, 3.05) is 6.61 Å². The van der Waals surface area contributed by atoms with Gasteiger partial charge in [0.2, 0.25) is 0 Å². The zero-order valence-corrected chi connectivity index (χ0v) is 21.8. The predicted octanol–water partition coefficient (Wildman–Crippen LogP) is 6.70. The highest BCUT2D eigenvalue weighted by Gasteiger charge is 2.35. The number of halogens is 2.